The van der Waals surface area contributed by atoms with Gasteiger partial charge in [-0.05, 0) is 39.5 Å². The largest absolute Gasteiger partial charge is 0.480 e. The lowest BCUT2D eigenvalue weighted by Gasteiger charge is -2.30. The normalized spacial score (nSPS) is 18.8. The number of likely N-dealkylation sites (tertiary alicyclic amines) is 1. The highest BCUT2D eigenvalue weighted by atomic mass is 16.4. The maximum absolute atomic E-state index is 12.0. The van der Waals surface area contributed by atoms with E-state index in [4.69, 9.17) is 16.6 Å². The summed E-state index contributed by atoms with van der Waals surface area (Å²) in [6, 6.07) is -1.99. The zero-order chi connectivity index (χ0) is 17.6. The van der Waals surface area contributed by atoms with Crippen molar-refractivity contribution in [2.75, 3.05) is 6.54 Å². The Morgan fingerprint density at radius 3 is 2.39 bits per heavy atom. The molecule has 23 heavy (non-hydrogen) atoms. The van der Waals surface area contributed by atoms with Crippen molar-refractivity contribution in [1.82, 2.24) is 10.2 Å². The third-order valence-electron chi connectivity index (χ3n) is 3.97. The van der Waals surface area contributed by atoms with Crippen LogP contribution in [-0.2, 0) is 14.4 Å². The van der Waals surface area contributed by atoms with E-state index in [0.717, 1.165) is 6.42 Å². The van der Waals surface area contributed by atoms with Crippen molar-refractivity contribution in [3.05, 3.63) is 0 Å². The fourth-order valence-electron chi connectivity index (χ4n) is 2.74. The molecule has 3 atom stereocenters. The van der Waals surface area contributed by atoms with Crippen molar-refractivity contribution in [1.29, 1.82) is 0 Å². The van der Waals surface area contributed by atoms with Gasteiger partial charge in [-0.25, -0.2) is 0 Å². The number of aliphatic carboxylic acids is 1. The highest BCUT2D eigenvalue weighted by Crippen LogP contribution is 2.21. The Morgan fingerprint density at radius 2 is 1.91 bits per heavy atom. The number of carbonyl (C=O) groups is 3. The molecule has 2 amide bonds. The molecule has 1 fully saturated rings. The Kier molecular flexibility index (Phi) is 7.44. The minimum Gasteiger partial charge on any atom is -0.480 e. The number of amides is 2. The molecule has 0 aromatic rings. The Bertz CT molecular complexity index is 441. The highest BCUT2D eigenvalue weighted by molar-refractivity contribution is 5.82. The Balaban J connectivity index is 2.68. The summed E-state index contributed by atoms with van der Waals surface area (Å²) >= 11 is 0. The van der Waals surface area contributed by atoms with Crippen molar-refractivity contribution < 1.29 is 19.5 Å². The van der Waals surface area contributed by atoms with Gasteiger partial charge in [0.25, 0.3) is 0 Å². The van der Waals surface area contributed by atoms with Gasteiger partial charge >= 0.3 is 5.97 Å². The summed E-state index contributed by atoms with van der Waals surface area (Å²) in [5.74, 6) is -1.31. The maximum atomic E-state index is 12.0. The summed E-state index contributed by atoms with van der Waals surface area (Å²) in [5.41, 5.74) is 11.5. The number of rotatable bonds is 9. The summed E-state index contributed by atoms with van der Waals surface area (Å²) in [6.45, 7) is 4.31. The second-order valence-corrected chi connectivity index (χ2v) is 6.37. The fourth-order valence-corrected chi connectivity index (χ4v) is 2.74. The van der Waals surface area contributed by atoms with Crippen LogP contribution < -0.4 is 16.8 Å². The zero-order valence-electron chi connectivity index (χ0n) is 13.8. The van der Waals surface area contributed by atoms with Crippen LogP contribution in [0.15, 0.2) is 0 Å². The molecule has 0 radical (unpaired) electrons. The smallest absolute Gasteiger partial charge is 0.320 e. The Labute approximate surface area is 136 Å². The third-order valence-corrected chi connectivity index (χ3v) is 3.97. The molecule has 0 aliphatic carbocycles. The quantitative estimate of drug-likeness (QED) is 0.446. The third kappa shape index (κ3) is 6.15. The lowest BCUT2D eigenvalue weighted by molar-refractivity contribution is -0.138. The van der Waals surface area contributed by atoms with Crippen LogP contribution in [0.1, 0.15) is 46.0 Å². The van der Waals surface area contributed by atoms with Gasteiger partial charge in [-0.15, -0.1) is 0 Å². The molecule has 1 rings (SSSR count). The molecule has 1 heterocycles. The van der Waals surface area contributed by atoms with Crippen LogP contribution in [0, 0.1) is 0 Å². The number of nitrogens with zero attached hydrogens (tertiary/aromatic N) is 1. The first-order valence-electron chi connectivity index (χ1n) is 8.06. The lowest BCUT2D eigenvalue weighted by Crippen LogP contribution is -2.48. The number of hydrogen-bond donors (Lipinski definition) is 4. The van der Waals surface area contributed by atoms with Gasteiger partial charge in [0.1, 0.15) is 6.04 Å². The summed E-state index contributed by atoms with van der Waals surface area (Å²) < 4.78 is 0. The molecule has 1 aliphatic rings. The number of carbonyl (C=O) groups excluding carboxylic acids is 2. The first-order chi connectivity index (χ1) is 10.7. The molecule has 0 aromatic heterocycles. The van der Waals surface area contributed by atoms with Crippen molar-refractivity contribution in [3.63, 3.8) is 0 Å². The van der Waals surface area contributed by atoms with Crippen LogP contribution in [0.5, 0.6) is 0 Å². The van der Waals surface area contributed by atoms with Crippen molar-refractivity contribution in [2.24, 2.45) is 11.5 Å². The summed E-state index contributed by atoms with van der Waals surface area (Å²) in [7, 11) is 0. The van der Waals surface area contributed by atoms with Crippen molar-refractivity contribution >= 4 is 17.8 Å². The van der Waals surface area contributed by atoms with Gasteiger partial charge in [0.2, 0.25) is 11.8 Å². The summed E-state index contributed by atoms with van der Waals surface area (Å²) in [6.07, 6.45) is 2.21. The van der Waals surface area contributed by atoms with Crippen LogP contribution >= 0.6 is 0 Å². The summed E-state index contributed by atoms with van der Waals surface area (Å²) in [4.78, 5) is 36.5. The van der Waals surface area contributed by atoms with E-state index in [2.05, 4.69) is 5.32 Å². The molecule has 0 saturated carbocycles. The van der Waals surface area contributed by atoms with Crippen LogP contribution in [-0.4, -0.2) is 58.5 Å². The average Bonchev–Trinajstić information content (AvgIpc) is 2.87. The molecule has 1 aliphatic heterocycles. The number of nitrogens with one attached hydrogen (secondary N) is 1. The van der Waals surface area contributed by atoms with E-state index < -0.39 is 18.1 Å². The average molecular weight is 328 g/mol. The number of hydrogen-bond acceptors (Lipinski definition) is 5. The fraction of sp³-hybridized carbons (Fsp3) is 0.800. The molecule has 6 N–H and O–H groups in total. The van der Waals surface area contributed by atoms with E-state index in [9.17, 15) is 14.4 Å². The SMILES string of the molecule is CC(C)NC(=O)C(N)CC(CCC(N)C(=O)O)N1CCCC1=O. The number of carboxylic acids is 1. The maximum Gasteiger partial charge on any atom is 0.320 e. The molecule has 1 saturated heterocycles. The molecule has 8 nitrogen and oxygen atoms in total. The molecule has 8 heteroatoms. The molecular weight excluding hydrogens is 300 g/mol. The van der Waals surface area contributed by atoms with Gasteiger partial charge < -0.3 is 26.8 Å². The van der Waals surface area contributed by atoms with E-state index in [0.29, 0.717) is 25.8 Å². The van der Waals surface area contributed by atoms with E-state index >= 15 is 0 Å². The molecular formula is C15H28N4O4. The van der Waals surface area contributed by atoms with E-state index in [1.807, 2.05) is 13.8 Å². The van der Waals surface area contributed by atoms with Crippen molar-refractivity contribution in [3.8, 4) is 0 Å². The van der Waals surface area contributed by atoms with Crippen LogP contribution in [0.25, 0.3) is 0 Å². The topological polar surface area (TPSA) is 139 Å². The van der Waals surface area contributed by atoms with Crippen LogP contribution in [0.3, 0.4) is 0 Å². The molecule has 0 aromatic carbocycles. The minimum absolute atomic E-state index is 0.0131. The molecule has 0 bridgehead atoms. The van der Waals surface area contributed by atoms with Crippen LogP contribution in [0.4, 0.5) is 0 Å². The first kappa shape index (κ1) is 19.4. The minimum atomic E-state index is -1.07. The predicted molar refractivity (Wildman–Crippen MR) is 85.5 cm³/mol. The van der Waals surface area contributed by atoms with E-state index in [1.165, 1.54) is 0 Å². The number of nitrogens with two attached hydrogens (primary N) is 2. The first-order valence-corrected chi connectivity index (χ1v) is 8.06. The monoisotopic (exact) mass is 328 g/mol. The number of carboxylic acid groups (broad SMARTS) is 1. The van der Waals surface area contributed by atoms with Gasteiger partial charge in [-0.3, -0.25) is 14.4 Å². The van der Waals surface area contributed by atoms with Crippen molar-refractivity contribution in [2.45, 2.75) is 70.1 Å². The molecule has 3 unspecified atom stereocenters. The van der Waals surface area contributed by atoms with E-state index in [1.54, 1.807) is 4.90 Å². The van der Waals surface area contributed by atoms with Gasteiger partial charge in [-0.2, -0.15) is 0 Å². The Hall–Kier alpha value is -1.67. The molecule has 132 valence electrons. The highest BCUT2D eigenvalue weighted by Gasteiger charge is 2.31. The standard InChI is InChI=1S/C15H28N4O4/c1-9(2)18-14(21)12(17)8-10(5-6-11(16)15(22)23)19-7-3-4-13(19)20/h9-12H,3-8,16-17H2,1-2H3,(H,18,21)(H,22,23). The van der Waals surface area contributed by atoms with Gasteiger partial charge in [0, 0.05) is 25.0 Å². The lowest BCUT2D eigenvalue weighted by atomic mass is 9.98. The van der Waals surface area contributed by atoms with Gasteiger partial charge in [0.05, 0.1) is 6.04 Å². The van der Waals surface area contributed by atoms with Gasteiger partial charge in [-0.1, -0.05) is 0 Å². The van der Waals surface area contributed by atoms with E-state index in [-0.39, 0.29) is 30.3 Å². The second-order valence-electron chi connectivity index (χ2n) is 6.37. The summed E-state index contributed by atoms with van der Waals surface area (Å²) in [5, 5.41) is 11.6. The Morgan fingerprint density at radius 1 is 1.26 bits per heavy atom. The predicted octanol–water partition coefficient (Wildman–Crippen LogP) is -0.588. The molecule has 0 spiro atoms. The van der Waals surface area contributed by atoms with Gasteiger partial charge in [0.15, 0.2) is 0 Å². The van der Waals surface area contributed by atoms with Crippen LogP contribution in [0.2, 0.25) is 0 Å². The second kappa shape index (κ2) is 8.83. The zero-order valence-corrected chi connectivity index (χ0v) is 13.8.